The van der Waals surface area contributed by atoms with E-state index in [1.54, 1.807) is 6.92 Å². The molecule has 2 heterocycles. The number of nitrogens with zero attached hydrogens (tertiary/aromatic N) is 1. The van der Waals surface area contributed by atoms with Crippen LogP contribution in [0.3, 0.4) is 0 Å². The Kier molecular flexibility index (Phi) is 6.66. The molecule has 1 N–H and O–H groups in total. The molecule has 1 aromatic heterocycles. The molecule has 6 nitrogen and oxygen atoms in total. The lowest BCUT2D eigenvalue weighted by Crippen LogP contribution is -2.34. The predicted molar refractivity (Wildman–Crippen MR) is 108 cm³/mol. The SMILES string of the molecule is CO[C@@H](C)CC(C(=O)O)n1cc2c(cc1=O)-c1cc(Cl)ccc1C[C@@H](C(F)(F)F)CO2. The highest BCUT2D eigenvalue weighted by atomic mass is 35.5. The molecule has 0 aliphatic carbocycles. The van der Waals surface area contributed by atoms with E-state index in [1.807, 2.05) is 0 Å². The number of carbonyl (C=O) groups is 1. The van der Waals surface area contributed by atoms with Gasteiger partial charge in [0.1, 0.15) is 18.4 Å². The summed E-state index contributed by atoms with van der Waals surface area (Å²) in [6.45, 7) is 0.986. The number of alkyl halides is 3. The van der Waals surface area contributed by atoms with E-state index in [0.717, 1.165) is 10.8 Å². The Bertz CT molecular complexity index is 1040. The number of pyridine rings is 1. The van der Waals surface area contributed by atoms with Crippen LogP contribution < -0.4 is 10.3 Å². The highest BCUT2D eigenvalue weighted by molar-refractivity contribution is 6.30. The van der Waals surface area contributed by atoms with Crippen LogP contribution in [0.4, 0.5) is 13.2 Å². The second-order valence-electron chi connectivity index (χ2n) is 7.49. The van der Waals surface area contributed by atoms with Gasteiger partial charge in [0, 0.05) is 30.2 Å². The van der Waals surface area contributed by atoms with Crippen LogP contribution in [0.1, 0.15) is 24.9 Å². The van der Waals surface area contributed by atoms with Gasteiger partial charge in [-0.15, -0.1) is 0 Å². The van der Waals surface area contributed by atoms with E-state index in [9.17, 15) is 27.9 Å². The van der Waals surface area contributed by atoms with Crippen molar-refractivity contribution in [3.63, 3.8) is 0 Å². The second-order valence-corrected chi connectivity index (χ2v) is 7.92. The lowest BCUT2D eigenvalue weighted by atomic mass is 9.91. The predicted octanol–water partition coefficient (Wildman–Crippen LogP) is 4.33. The smallest absolute Gasteiger partial charge is 0.395 e. The van der Waals surface area contributed by atoms with Crippen molar-refractivity contribution in [3.8, 4) is 16.9 Å². The molecule has 0 saturated carbocycles. The van der Waals surface area contributed by atoms with Gasteiger partial charge in [0.2, 0.25) is 0 Å². The molecule has 2 aromatic rings. The Morgan fingerprint density at radius 1 is 1.35 bits per heavy atom. The molecule has 10 heteroatoms. The van der Waals surface area contributed by atoms with Crippen molar-refractivity contribution in [1.82, 2.24) is 4.57 Å². The molecule has 1 aliphatic heterocycles. The summed E-state index contributed by atoms with van der Waals surface area (Å²) in [6.07, 6.45) is -4.16. The van der Waals surface area contributed by atoms with Crippen molar-refractivity contribution < 1.29 is 32.5 Å². The van der Waals surface area contributed by atoms with E-state index in [1.165, 1.54) is 31.4 Å². The fourth-order valence-electron chi connectivity index (χ4n) is 3.54. The minimum Gasteiger partial charge on any atom is -0.491 e. The first-order valence-electron chi connectivity index (χ1n) is 9.51. The number of hydrogen-bond donors (Lipinski definition) is 1. The average Bonchev–Trinajstić information content (AvgIpc) is 2.68. The topological polar surface area (TPSA) is 77.8 Å². The summed E-state index contributed by atoms with van der Waals surface area (Å²) < 4.78 is 52.1. The second kappa shape index (κ2) is 8.92. The van der Waals surface area contributed by atoms with Gasteiger partial charge in [-0.25, -0.2) is 4.79 Å². The quantitative estimate of drug-likeness (QED) is 0.720. The minimum absolute atomic E-state index is 0.0158. The molecule has 1 aliphatic rings. The Hall–Kier alpha value is -2.52. The van der Waals surface area contributed by atoms with Crippen LogP contribution in [0.2, 0.25) is 5.02 Å². The molecule has 0 bridgehead atoms. The standard InChI is InChI=1S/C21H21ClF3NO5/c1-11(30-2)5-17(20(28)29)26-9-18-16(8-19(26)27)15-7-14(22)4-3-12(15)6-13(10-31-18)21(23,24)25/h3-4,7-9,11,13,17H,5-6,10H2,1-2H3,(H,28,29)/t11-,13+,17?/m0/s1. The van der Waals surface area contributed by atoms with E-state index in [-0.39, 0.29) is 29.2 Å². The summed E-state index contributed by atoms with van der Waals surface area (Å²) in [7, 11) is 1.41. The van der Waals surface area contributed by atoms with E-state index < -0.39 is 42.4 Å². The van der Waals surface area contributed by atoms with Crippen LogP contribution in [-0.4, -0.2) is 41.6 Å². The number of rotatable bonds is 5. The third kappa shape index (κ3) is 5.04. The number of carboxylic acid groups (broad SMARTS) is 1. The van der Waals surface area contributed by atoms with Gasteiger partial charge in [0.25, 0.3) is 5.56 Å². The molecule has 0 fully saturated rings. The number of fused-ring (bicyclic) bond motifs is 3. The fourth-order valence-corrected chi connectivity index (χ4v) is 3.72. The molecule has 3 atom stereocenters. The molecular weight excluding hydrogens is 439 g/mol. The van der Waals surface area contributed by atoms with E-state index in [2.05, 4.69) is 0 Å². The largest absolute Gasteiger partial charge is 0.491 e. The van der Waals surface area contributed by atoms with Crippen molar-refractivity contribution in [1.29, 1.82) is 0 Å². The zero-order valence-corrected chi connectivity index (χ0v) is 17.5. The molecule has 31 heavy (non-hydrogen) atoms. The number of aromatic nitrogens is 1. The van der Waals surface area contributed by atoms with Gasteiger partial charge in [-0.2, -0.15) is 13.2 Å². The number of methoxy groups -OCH3 is 1. The molecule has 1 unspecified atom stereocenters. The van der Waals surface area contributed by atoms with Crippen molar-refractivity contribution in [2.45, 2.75) is 38.1 Å². The van der Waals surface area contributed by atoms with E-state index in [4.69, 9.17) is 21.1 Å². The summed E-state index contributed by atoms with van der Waals surface area (Å²) in [5, 5.41) is 9.91. The Balaban J connectivity index is 2.17. The molecule has 3 rings (SSSR count). The maximum atomic E-state index is 13.5. The van der Waals surface area contributed by atoms with Crippen molar-refractivity contribution in [2.75, 3.05) is 13.7 Å². The number of halogens is 4. The van der Waals surface area contributed by atoms with Gasteiger partial charge in [0.05, 0.1) is 18.2 Å². The number of aliphatic carboxylic acids is 1. The minimum atomic E-state index is -4.50. The van der Waals surface area contributed by atoms with Crippen LogP contribution in [0.5, 0.6) is 5.75 Å². The third-order valence-electron chi connectivity index (χ3n) is 5.35. The van der Waals surface area contributed by atoms with E-state index >= 15 is 0 Å². The maximum Gasteiger partial charge on any atom is 0.395 e. The number of carboxylic acids is 1. The van der Waals surface area contributed by atoms with Crippen LogP contribution >= 0.6 is 11.6 Å². The molecular formula is C21H21ClF3NO5. The number of benzene rings is 1. The molecule has 0 spiro atoms. The van der Waals surface area contributed by atoms with Crippen molar-refractivity contribution >= 4 is 17.6 Å². The third-order valence-corrected chi connectivity index (χ3v) is 5.59. The fraction of sp³-hybridized carbons (Fsp3) is 0.429. The van der Waals surface area contributed by atoms with Crippen molar-refractivity contribution in [2.24, 2.45) is 5.92 Å². The van der Waals surface area contributed by atoms with Gasteiger partial charge < -0.3 is 14.6 Å². The lowest BCUT2D eigenvalue weighted by molar-refractivity contribution is -0.181. The highest BCUT2D eigenvalue weighted by Crippen LogP contribution is 2.40. The van der Waals surface area contributed by atoms with Gasteiger partial charge in [-0.05, 0) is 36.6 Å². The normalized spacial score (nSPS) is 18.1. The first-order valence-corrected chi connectivity index (χ1v) is 9.89. The zero-order valence-electron chi connectivity index (χ0n) is 16.8. The van der Waals surface area contributed by atoms with Crippen LogP contribution in [0.15, 0.2) is 35.3 Å². The van der Waals surface area contributed by atoms with Crippen LogP contribution in [-0.2, 0) is 16.0 Å². The first kappa shape index (κ1) is 23.1. The van der Waals surface area contributed by atoms with Gasteiger partial charge in [-0.1, -0.05) is 17.7 Å². The Morgan fingerprint density at radius 2 is 2.06 bits per heavy atom. The average molecular weight is 460 g/mol. The number of ether oxygens (including phenoxy) is 2. The maximum absolute atomic E-state index is 13.5. The monoisotopic (exact) mass is 459 g/mol. The number of hydrogen-bond acceptors (Lipinski definition) is 4. The lowest BCUT2D eigenvalue weighted by Gasteiger charge is -2.27. The zero-order chi connectivity index (χ0) is 22.9. The summed E-state index contributed by atoms with van der Waals surface area (Å²) in [6, 6.07) is 4.36. The van der Waals surface area contributed by atoms with Crippen molar-refractivity contribution in [3.05, 3.63) is 51.4 Å². The molecule has 168 valence electrons. The van der Waals surface area contributed by atoms with Gasteiger partial charge in [0.15, 0.2) is 0 Å². The van der Waals surface area contributed by atoms with Gasteiger partial charge >= 0.3 is 12.1 Å². The van der Waals surface area contributed by atoms with E-state index in [0.29, 0.717) is 11.1 Å². The molecule has 0 amide bonds. The van der Waals surface area contributed by atoms with Gasteiger partial charge in [-0.3, -0.25) is 9.36 Å². The summed E-state index contributed by atoms with van der Waals surface area (Å²) in [5.41, 5.74) is 0.356. The first-order chi connectivity index (χ1) is 14.5. The molecule has 0 saturated heterocycles. The molecule has 1 aromatic carbocycles. The Labute approximate surface area is 181 Å². The molecule has 0 radical (unpaired) electrons. The van der Waals surface area contributed by atoms with Crippen LogP contribution in [0, 0.1) is 5.92 Å². The summed E-state index contributed by atoms with van der Waals surface area (Å²) in [5.74, 6) is -3.06. The summed E-state index contributed by atoms with van der Waals surface area (Å²) in [4.78, 5) is 24.6. The Morgan fingerprint density at radius 3 is 2.68 bits per heavy atom. The van der Waals surface area contributed by atoms with Crippen LogP contribution in [0.25, 0.3) is 11.1 Å². The highest BCUT2D eigenvalue weighted by Gasteiger charge is 2.41. The summed E-state index contributed by atoms with van der Waals surface area (Å²) >= 11 is 6.06.